The van der Waals surface area contributed by atoms with Crippen LogP contribution in [0.1, 0.15) is 15.4 Å². The van der Waals surface area contributed by atoms with Gasteiger partial charge in [-0.3, -0.25) is 4.79 Å². The number of rotatable bonds is 4. The lowest BCUT2D eigenvalue weighted by Gasteiger charge is -2.02. The van der Waals surface area contributed by atoms with Crippen molar-refractivity contribution >= 4 is 38.4 Å². The molecule has 0 aliphatic carbocycles. The molecule has 0 unspecified atom stereocenters. The summed E-state index contributed by atoms with van der Waals surface area (Å²) in [6, 6.07) is 16.0. The van der Waals surface area contributed by atoms with Crippen LogP contribution in [0.25, 0.3) is 21.1 Å². The molecule has 4 aromatic rings. The first-order chi connectivity index (χ1) is 11.3. The molecule has 2 heterocycles. The van der Waals surface area contributed by atoms with E-state index in [1.807, 2.05) is 42.6 Å². The van der Waals surface area contributed by atoms with Gasteiger partial charge >= 0.3 is 0 Å². The zero-order valence-electron chi connectivity index (χ0n) is 12.4. The number of carbonyl (C=O) groups is 1. The number of aromatic amines is 1. The van der Waals surface area contributed by atoms with E-state index in [0.717, 1.165) is 22.2 Å². The number of amides is 1. The number of fused-ring (bicyclic) bond motifs is 2. The summed E-state index contributed by atoms with van der Waals surface area (Å²) in [5.74, 6) is -0.106. The summed E-state index contributed by atoms with van der Waals surface area (Å²) in [4.78, 5) is 19.9. The first-order valence-corrected chi connectivity index (χ1v) is 8.32. The molecule has 0 saturated heterocycles. The fourth-order valence-corrected chi connectivity index (χ4v) is 3.58. The number of aromatic nitrogens is 2. The third-order valence-corrected chi connectivity index (χ3v) is 4.88. The zero-order valence-corrected chi connectivity index (χ0v) is 13.2. The van der Waals surface area contributed by atoms with Gasteiger partial charge in [-0.1, -0.05) is 30.3 Å². The van der Waals surface area contributed by atoms with Crippen molar-refractivity contribution in [3.63, 3.8) is 0 Å². The third kappa shape index (κ3) is 2.71. The molecule has 1 amide bonds. The van der Waals surface area contributed by atoms with E-state index in [2.05, 4.69) is 27.4 Å². The van der Waals surface area contributed by atoms with E-state index >= 15 is 0 Å². The van der Waals surface area contributed by atoms with Crippen LogP contribution in [0.4, 0.5) is 0 Å². The van der Waals surface area contributed by atoms with Crippen LogP contribution in [0, 0.1) is 0 Å². The number of nitrogens with zero attached hydrogens (tertiary/aromatic N) is 1. The summed E-state index contributed by atoms with van der Waals surface area (Å²) >= 11 is 1.43. The molecule has 2 aromatic heterocycles. The predicted molar refractivity (Wildman–Crippen MR) is 94.0 cm³/mol. The largest absolute Gasteiger partial charge is 0.361 e. The second-order valence-electron chi connectivity index (χ2n) is 5.35. The minimum absolute atomic E-state index is 0.106. The van der Waals surface area contributed by atoms with Gasteiger partial charge in [0.2, 0.25) is 0 Å². The number of thiazole rings is 1. The minimum Gasteiger partial charge on any atom is -0.361 e. The van der Waals surface area contributed by atoms with E-state index < -0.39 is 0 Å². The lowest BCUT2D eigenvalue weighted by atomic mass is 10.1. The molecule has 4 nitrogen and oxygen atoms in total. The molecule has 0 spiro atoms. The first-order valence-electron chi connectivity index (χ1n) is 7.50. The average Bonchev–Trinajstić information content (AvgIpc) is 3.19. The number of carbonyl (C=O) groups excluding carboxylic acids is 1. The van der Waals surface area contributed by atoms with E-state index in [9.17, 15) is 4.79 Å². The maximum Gasteiger partial charge on any atom is 0.280 e. The summed E-state index contributed by atoms with van der Waals surface area (Å²) < 4.78 is 1.04. The van der Waals surface area contributed by atoms with Gasteiger partial charge < -0.3 is 10.3 Å². The van der Waals surface area contributed by atoms with Crippen LogP contribution < -0.4 is 5.32 Å². The maximum atomic E-state index is 12.2. The lowest BCUT2D eigenvalue weighted by Crippen LogP contribution is -2.25. The van der Waals surface area contributed by atoms with Gasteiger partial charge in [-0.05, 0) is 30.2 Å². The highest BCUT2D eigenvalue weighted by molar-refractivity contribution is 7.20. The Morgan fingerprint density at radius 2 is 1.96 bits per heavy atom. The molecule has 0 fully saturated rings. The summed E-state index contributed by atoms with van der Waals surface area (Å²) in [6.45, 7) is 0.594. The Bertz CT molecular complexity index is 953. The molecule has 2 aromatic carbocycles. The first kappa shape index (κ1) is 14.0. The highest BCUT2D eigenvalue weighted by Crippen LogP contribution is 2.21. The SMILES string of the molecule is O=C(NCCc1c[nH]c2ccccc12)c1nc2ccccc2s1. The monoisotopic (exact) mass is 321 g/mol. The van der Waals surface area contributed by atoms with Crippen molar-refractivity contribution in [2.24, 2.45) is 0 Å². The van der Waals surface area contributed by atoms with Crippen LogP contribution in [-0.4, -0.2) is 22.4 Å². The van der Waals surface area contributed by atoms with Crippen LogP contribution in [0.2, 0.25) is 0 Å². The Hall–Kier alpha value is -2.66. The molecule has 0 aliphatic rings. The number of nitrogens with one attached hydrogen (secondary N) is 2. The molecule has 0 radical (unpaired) electrons. The Balaban J connectivity index is 1.43. The van der Waals surface area contributed by atoms with Crippen molar-refractivity contribution in [1.82, 2.24) is 15.3 Å². The second-order valence-corrected chi connectivity index (χ2v) is 6.38. The van der Waals surface area contributed by atoms with Gasteiger partial charge in [-0.15, -0.1) is 11.3 Å². The average molecular weight is 321 g/mol. The quantitative estimate of drug-likeness (QED) is 0.601. The molecule has 0 atom stereocenters. The van der Waals surface area contributed by atoms with Crippen molar-refractivity contribution in [1.29, 1.82) is 0 Å². The van der Waals surface area contributed by atoms with Crippen molar-refractivity contribution in [3.05, 3.63) is 65.3 Å². The summed E-state index contributed by atoms with van der Waals surface area (Å²) in [5, 5.41) is 4.69. The minimum atomic E-state index is -0.106. The molecular formula is C18H15N3OS. The highest BCUT2D eigenvalue weighted by Gasteiger charge is 2.11. The lowest BCUT2D eigenvalue weighted by molar-refractivity contribution is 0.0954. The van der Waals surface area contributed by atoms with Gasteiger partial charge in [0.15, 0.2) is 5.01 Å². The van der Waals surface area contributed by atoms with Gasteiger partial charge in [0.25, 0.3) is 5.91 Å². The smallest absolute Gasteiger partial charge is 0.280 e. The van der Waals surface area contributed by atoms with Crippen LogP contribution in [-0.2, 0) is 6.42 Å². The van der Waals surface area contributed by atoms with Crippen molar-refractivity contribution < 1.29 is 4.79 Å². The maximum absolute atomic E-state index is 12.2. The molecule has 2 N–H and O–H groups in total. The molecule has 23 heavy (non-hydrogen) atoms. The second kappa shape index (κ2) is 5.85. The molecule has 114 valence electrons. The molecular weight excluding hydrogens is 306 g/mol. The third-order valence-electron chi connectivity index (χ3n) is 3.84. The Morgan fingerprint density at radius 3 is 2.87 bits per heavy atom. The van der Waals surface area contributed by atoms with E-state index in [0.29, 0.717) is 11.6 Å². The van der Waals surface area contributed by atoms with E-state index in [4.69, 9.17) is 0 Å². The fraction of sp³-hybridized carbons (Fsp3) is 0.111. The van der Waals surface area contributed by atoms with Crippen LogP contribution in [0.3, 0.4) is 0 Å². The number of H-pyrrole nitrogens is 1. The summed E-state index contributed by atoms with van der Waals surface area (Å²) in [5.41, 5.74) is 3.21. The fourth-order valence-electron chi connectivity index (χ4n) is 2.69. The molecule has 4 rings (SSSR count). The van der Waals surface area contributed by atoms with E-state index in [1.54, 1.807) is 0 Å². The molecule has 5 heteroatoms. The van der Waals surface area contributed by atoms with Crippen LogP contribution >= 0.6 is 11.3 Å². The van der Waals surface area contributed by atoms with Gasteiger partial charge in [0.05, 0.1) is 10.2 Å². The highest BCUT2D eigenvalue weighted by atomic mass is 32.1. The van der Waals surface area contributed by atoms with E-state index in [-0.39, 0.29) is 5.91 Å². The summed E-state index contributed by atoms with van der Waals surface area (Å²) in [7, 11) is 0. The zero-order chi connectivity index (χ0) is 15.6. The Kier molecular flexibility index (Phi) is 3.55. The topological polar surface area (TPSA) is 57.8 Å². The molecule has 0 aliphatic heterocycles. The molecule has 0 bridgehead atoms. The summed E-state index contributed by atoms with van der Waals surface area (Å²) in [6.07, 6.45) is 2.80. The standard InChI is InChI=1S/C18H15N3OS/c22-17(18-21-15-7-3-4-8-16(15)23-18)19-10-9-12-11-20-14-6-2-1-5-13(12)14/h1-8,11,20H,9-10H2,(H,19,22). The Morgan fingerprint density at radius 1 is 1.13 bits per heavy atom. The van der Waals surface area contributed by atoms with Crippen molar-refractivity contribution in [2.75, 3.05) is 6.54 Å². The normalized spacial score (nSPS) is 11.1. The Labute approximate surface area is 137 Å². The number of para-hydroxylation sites is 2. The number of hydrogen-bond donors (Lipinski definition) is 2. The van der Waals surface area contributed by atoms with Gasteiger partial charge in [-0.25, -0.2) is 4.98 Å². The van der Waals surface area contributed by atoms with Crippen LogP contribution in [0.15, 0.2) is 54.7 Å². The van der Waals surface area contributed by atoms with Crippen LogP contribution in [0.5, 0.6) is 0 Å². The van der Waals surface area contributed by atoms with Crippen molar-refractivity contribution in [3.8, 4) is 0 Å². The number of hydrogen-bond acceptors (Lipinski definition) is 3. The van der Waals surface area contributed by atoms with Crippen molar-refractivity contribution in [2.45, 2.75) is 6.42 Å². The number of benzene rings is 2. The van der Waals surface area contributed by atoms with Gasteiger partial charge in [-0.2, -0.15) is 0 Å². The van der Waals surface area contributed by atoms with E-state index in [1.165, 1.54) is 22.3 Å². The predicted octanol–water partition coefficient (Wildman–Crippen LogP) is 3.75. The van der Waals surface area contributed by atoms with Gasteiger partial charge in [0, 0.05) is 23.6 Å². The van der Waals surface area contributed by atoms with Gasteiger partial charge in [0.1, 0.15) is 0 Å². The molecule has 0 saturated carbocycles.